The maximum absolute atomic E-state index is 14.5. The predicted octanol–water partition coefficient (Wildman–Crippen LogP) is -6.85. The van der Waals surface area contributed by atoms with Crippen molar-refractivity contribution in [3.8, 4) is 0 Å². The second-order valence-electron chi connectivity index (χ2n) is 21.3. The number of hydrogen-bond donors (Lipinski definition) is 19. The van der Waals surface area contributed by atoms with Gasteiger partial charge in [-0.25, -0.2) is 0 Å². The third-order valence-corrected chi connectivity index (χ3v) is 14.6. The Morgan fingerprint density at radius 3 is 1.62 bits per heavy atom. The van der Waals surface area contributed by atoms with Crippen molar-refractivity contribution < 1.29 is 76.9 Å². The average Bonchev–Trinajstić information content (AvgIpc) is 3.13. The number of rotatable bonds is 29. The molecule has 86 heavy (non-hydrogen) atoms. The molecular formula is C53H93N16O16P. The van der Waals surface area contributed by atoms with Crippen LogP contribution in [-0.2, 0) is 68.2 Å². The van der Waals surface area contributed by atoms with Crippen molar-refractivity contribution in [3.05, 3.63) is 35.9 Å². The molecule has 0 bridgehead atoms. The summed E-state index contributed by atoms with van der Waals surface area (Å²) < 4.78 is 17.4. The van der Waals surface area contributed by atoms with Crippen molar-refractivity contribution in [2.24, 2.45) is 34.6 Å². The third-order valence-electron chi connectivity index (χ3n) is 13.3. The van der Waals surface area contributed by atoms with Gasteiger partial charge in [0.25, 0.3) is 0 Å². The number of nitrogens with one attached hydrogen (secondary N) is 11. The zero-order valence-electron chi connectivity index (χ0n) is 49.6. The van der Waals surface area contributed by atoms with Gasteiger partial charge >= 0.3 is 7.60 Å². The molecule has 13 atom stereocenters. The highest BCUT2D eigenvalue weighted by Crippen LogP contribution is 2.41. The van der Waals surface area contributed by atoms with Crippen molar-refractivity contribution in [3.63, 3.8) is 0 Å². The molecule has 1 heterocycles. The van der Waals surface area contributed by atoms with Crippen LogP contribution in [0.25, 0.3) is 0 Å². The average molecular weight is 1240 g/mol. The van der Waals surface area contributed by atoms with E-state index in [1.165, 1.54) is 6.92 Å². The molecule has 2 rings (SSSR count). The van der Waals surface area contributed by atoms with E-state index in [1.54, 1.807) is 44.2 Å². The lowest BCUT2D eigenvalue weighted by Gasteiger charge is -2.29. The number of carbonyl (C=O) groups is 11. The maximum atomic E-state index is 14.5. The Morgan fingerprint density at radius 1 is 0.628 bits per heavy atom. The van der Waals surface area contributed by atoms with Gasteiger partial charge in [0.15, 0.2) is 0 Å². The second-order valence-corrected chi connectivity index (χ2v) is 23.1. The van der Waals surface area contributed by atoms with Gasteiger partial charge in [0.2, 0.25) is 65.0 Å². The topological polar surface area (TPSA) is 537 Å². The number of aliphatic hydroxyl groups is 2. The second kappa shape index (κ2) is 39.1. The molecule has 1 aromatic rings. The van der Waals surface area contributed by atoms with Gasteiger partial charge in [0, 0.05) is 13.0 Å². The van der Waals surface area contributed by atoms with Crippen LogP contribution >= 0.6 is 7.60 Å². The van der Waals surface area contributed by atoms with Gasteiger partial charge in [-0.2, -0.15) is 0 Å². The molecule has 0 aromatic heterocycles. The largest absolute Gasteiger partial charge is 0.391 e. The van der Waals surface area contributed by atoms with E-state index in [2.05, 4.69) is 58.5 Å². The van der Waals surface area contributed by atoms with Gasteiger partial charge in [-0.3, -0.25) is 57.3 Å². The monoisotopic (exact) mass is 1240 g/mol. The van der Waals surface area contributed by atoms with E-state index in [1.807, 2.05) is 6.92 Å². The Bertz CT molecular complexity index is 2450. The quantitative estimate of drug-likeness (QED) is 0.0262. The minimum Gasteiger partial charge on any atom is -0.391 e. The highest BCUT2D eigenvalue weighted by atomic mass is 31.2. The minimum absolute atomic E-state index is 0.0276. The lowest BCUT2D eigenvalue weighted by molar-refractivity contribution is -0.137. The normalized spacial score (nSPS) is 23.1. The molecule has 33 heteroatoms. The zero-order chi connectivity index (χ0) is 64.7. The number of nitrogens with two attached hydrogens (primary N) is 5. The van der Waals surface area contributed by atoms with E-state index < -0.39 is 164 Å². The predicted molar refractivity (Wildman–Crippen MR) is 314 cm³/mol. The summed E-state index contributed by atoms with van der Waals surface area (Å²) in [4.78, 5) is 164. The molecule has 0 spiro atoms. The van der Waals surface area contributed by atoms with Gasteiger partial charge in [0.05, 0.1) is 18.8 Å². The molecule has 0 aliphatic carbocycles. The molecule has 1 aromatic carbocycles. The number of aliphatic hydroxyl groups excluding tert-OH is 2. The number of benzene rings is 1. The summed E-state index contributed by atoms with van der Waals surface area (Å²) in [6.45, 7) is 6.06. The lowest BCUT2D eigenvalue weighted by atomic mass is 10.00. The number of amides is 11. The van der Waals surface area contributed by atoms with E-state index in [0.29, 0.717) is 18.4 Å². The van der Waals surface area contributed by atoms with Crippen molar-refractivity contribution in [2.75, 3.05) is 52.0 Å². The molecule has 0 saturated carbocycles. The Kier molecular flexibility index (Phi) is 34.3. The SMILES string of the molecule is CCCCOP(=O)(O)CC(=O)N[C@@H](CCN)C(=O)N[C@H](C(=O)N[C@@H](CCN)C(=O)N[C@H]1CCNC(=O)[C@H](C(C)O)NC(=O)[C@H](CCN)NC(=O)[C@H](CCN)NC(=O)[C@H](CC(C)C)NC(=O)[C@@H](Cc2ccccc2)NC(=O)[C@H](CCN)NC1=O)C(C)O. The molecule has 486 valence electrons. The van der Waals surface area contributed by atoms with Crippen LogP contribution in [0.3, 0.4) is 0 Å². The zero-order valence-corrected chi connectivity index (χ0v) is 50.5. The lowest BCUT2D eigenvalue weighted by Crippen LogP contribution is -2.62. The summed E-state index contributed by atoms with van der Waals surface area (Å²) >= 11 is 0. The first-order valence-electron chi connectivity index (χ1n) is 28.8. The molecule has 0 radical (unpaired) electrons. The smallest absolute Gasteiger partial charge is 0.337 e. The summed E-state index contributed by atoms with van der Waals surface area (Å²) in [5, 5.41) is 48.8. The molecule has 11 amide bonds. The molecule has 1 fully saturated rings. The first-order chi connectivity index (χ1) is 40.6. The van der Waals surface area contributed by atoms with E-state index in [9.17, 15) is 72.4 Å². The minimum atomic E-state index is -4.43. The first-order valence-corrected chi connectivity index (χ1v) is 30.6. The van der Waals surface area contributed by atoms with Crippen LogP contribution in [0.5, 0.6) is 0 Å². The van der Waals surface area contributed by atoms with Crippen molar-refractivity contribution >= 4 is 72.6 Å². The Balaban J connectivity index is 2.69. The van der Waals surface area contributed by atoms with Gasteiger partial charge < -0.3 is 107 Å². The van der Waals surface area contributed by atoms with Gasteiger partial charge in [0.1, 0.15) is 66.6 Å². The first kappa shape index (κ1) is 75.4. The number of carbonyl (C=O) groups excluding carboxylic acids is 11. The van der Waals surface area contributed by atoms with Gasteiger partial charge in [-0.15, -0.1) is 0 Å². The van der Waals surface area contributed by atoms with Crippen LogP contribution in [-0.4, -0.2) is 205 Å². The fourth-order valence-corrected chi connectivity index (χ4v) is 9.65. The summed E-state index contributed by atoms with van der Waals surface area (Å²) in [7, 11) is -4.43. The Hall–Kier alpha value is -6.74. The van der Waals surface area contributed by atoms with E-state index in [4.69, 9.17) is 33.2 Å². The Labute approximate surface area is 500 Å². The van der Waals surface area contributed by atoms with E-state index in [0.717, 1.165) is 6.92 Å². The summed E-state index contributed by atoms with van der Waals surface area (Å²) in [5.41, 5.74) is 29.7. The number of hydrogen-bond acceptors (Lipinski definition) is 20. The molecule has 32 nitrogen and oxygen atoms in total. The van der Waals surface area contributed by atoms with Crippen molar-refractivity contribution in [1.29, 1.82) is 0 Å². The molecule has 1 aliphatic rings. The summed E-state index contributed by atoms with van der Waals surface area (Å²) in [6.07, 6.45) is -5.01. The van der Waals surface area contributed by atoms with Crippen LogP contribution in [0.1, 0.15) is 98.0 Å². The number of unbranched alkanes of at least 4 members (excludes halogenated alkanes) is 1. The van der Waals surface area contributed by atoms with E-state index in [-0.39, 0.29) is 90.2 Å². The van der Waals surface area contributed by atoms with E-state index >= 15 is 0 Å². The van der Waals surface area contributed by atoms with Gasteiger partial charge in [-0.1, -0.05) is 57.5 Å². The highest BCUT2D eigenvalue weighted by molar-refractivity contribution is 7.53. The van der Waals surface area contributed by atoms with Gasteiger partial charge in [-0.05, 0) is 109 Å². The highest BCUT2D eigenvalue weighted by Gasteiger charge is 2.38. The van der Waals surface area contributed by atoms with Crippen molar-refractivity contribution in [1.82, 2.24) is 58.5 Å². The summed E-state index contributed by atoms with van der Waals surface area (Å²) in [5.74, 6) is -11.2. The van der Waals surface area contributed by atoms with Crippen LogP contribution in [0.4, 0.5) is 0 Å². The molecule has 24 N–H and O–H groups in total. The van der Waals surface area contributed by atoms with Crippen LogP contribution in [0.15, 0.2) is 30.3 Å². The summed E-state index contributed by atoms with van der Waals surface area (Å²) in [6, 6.07) is -7.04. The van der Waals surface area contributed by atoms with Crippen molar-refractivity contribution in [2.45, 2.75) is 171 Å². The van der Waals surface area contributed by atoms with Crippen LogP contribution < -0.4 is 87.2 Å². The Morgan fingerprint density at radius 2 is 1.12 bits per heavy atom. The standard InChI is InChI=1S/C53H93N16O16P/c1-6-7-25-85-86(83,84)28-41(72)60-33(13-19-54)48(77)69-43(31(5)71)53(82)65-36(16-22-57)45(74)64-38-18-24-59-52(81)42(30(4)70)68-49(78)37(17-23-58)62-44(73)34(14-20-55)63-50(79)39(26-29(2)3)66-51(80)40(27-32-11-9-8-10-12-32)67-46(75)35(15-21-56)61-47(38)76/h8-12,29-31,33-40,42-43,70-71H,6-7,13-28,54-58H2,1-5H3,(H,59,81)(H,60,72)(H,61,76)(H,62,73)(H,63,79)(H,64,74)(H,65,82)(H,66,80)(H,67,75)(H,68,78)(H,69,77)(H,83,84)/t30?,31?,33-,34-,35-,36-,37-,38-,39-,40+,42-,43-/m0/s1. The third kappa shape index (κ3) is 26.9. The molecular weight excluding hydrogens is 1150 g/mol. The molecule has 1 aliphatic heterocycles. The molecule has 1 saturated heterocycles. The fourth-order valence-electron chi connectivity index (χ4n) is 8.69. The van der Waals surface area contributed by atoms with Crippen LogP contribution in [0.2, 0.25) is 0 Å². The maximum Gasteiger partial charge on any atom is 0.337 e. The fraction of sp³-hybridized carbons (Fsp3) is 0.679. The molecule has 3 unspecified atom stereocenters. The van der Waals surface area contributed by atoms with Crippen LogP contribution in [0, 0.1) is 5.92 Å².